The Hall–Kier alpha value is -2.57. The smallest absolute Gasteiger partial charge is 0.191 e. The van der Waals surface area contributed by atoms with Gasteiger partial charge in [-0.3, -0.25) is 4.99 Å². The molecule has 28 heavy (non-hydrogen) atoms. The quantitative estimate of drug-likeness (QED) is 0.567. The molecule has 0 aliphatic carbocycles. The van der Waals surface area contributed by atoms with Crippen LogP contribution in [0.25, 0.3) is 0 Å². The van der Waals surface area contributed by atoms with Crippen LogP contribution in [0.1, 0.15) is 43.4 Å². The lowest BCUT2D eigenvalue weighted by Crippen LogP contribution is -2.42. The molecule has 2 aromatic rings. The second kappa shape index (κ2) is 10.1. The molecule has 2 N–H and O–H groups in total. The van der Waals surface area contributed by atoms with Gasteiger partial charge in [0, 0.05) is 33.0 Å². The maximum atomic E-state index is 6.01. The maximum absolute atomic E-state index is 6.01. The van der Waals surface area contributed by atoms with E-state index in [0.717, 1.165) is 54.9 Å². The molecular weight excluding hydrogens is 352 g/mol. The summed E-state index contributed by atoms with van der Waals surface area (Å²) in [4.78, 5) is 4.30. The molecule has 0 radical (unpaired) electrons. The average molecular weight is 385 g/mol. The van der Waals surface area contributed by atoms with Crippen LogP contribution in [0.3, 0.4) is 0 Å². The summed E-state index contributed by atoms with van der Waals surface area (Å²) >= 11 is 0. The highest BCUT2D eigenvalue weighted by Crippen LogP contribution is 2.17. The molecule has 1 aromatic heterocycles. The predicted octanol–water partition coefficient (Wildman–Crippen LogP) is 2.49. The van der Waals surface area contributed by atoms with Gasteiger partial charge in [-0.05, 0) is 38.3 Å². The average Bonchev–Trinajstić information content (AvgIpc) is 2.92. The van der Waals surface area contributed by atoms with Crippen LogP contribution in [0, 0.1) is 6.92 Å². The lowest BCUT2D eigenvalue weighted by Gasteiger charge is -2.18. The molecule has 1 aliphatic rings. The summed E-state index contributed by atoms with van der Waals surface area (Å²) in [6.45, 7) is 6.59. The third-order valence-electron chi connectivity index (χ3n) is 5.03. The number of aryl methyl sites for hydroxylation is 2. The number of guanidine groups is 1. The number of ether oxygens (including phenoxy) is 1. The van der Waals surface area contributed by atoms with Crippen molar-refractivity contribution >= 4 is 5.96 Å². The third kappa shape index (κ3) is 5.47. The van der Waals surface area contributed by atoms with Gasteiger partial charge >= 0.3 is 0 Å². The van der Waals surface area contributed by atoms with E-state index in [0.29, 0.717) is 6.54 Å². The highest BCUT2D eigenvalue weighted by Gasteiger charge is 2.14. The molecule has 0 amide bonds. The van der Waals surface area contributed by atoms with Crippen LogP contribution in [0.4, 0.5) is 0 Å². The molecule has 3 rings (SSSR count). The number of hydrogen-bond acceptors (Lipinski definition) is 4. The number of nitrogens with zero attached hydrogens (tertiary/aromatic N) is 4. The van der Waals surface area contributed by atoms with Crippen molar-refractivity contribution in [2.45, 2.75) is 58.6 Å². The highest BCUT2D eigenvalue weighted by atomic mass is 16.5. The first-order valence-electron chi connectivity index (χ1n) is 10.2. The number of aliphatic imine (C=N–C) groups is 1. The Kier molecular flexibility index (Phi) is 7.28. The van der Waals surface area contributed by atoms with E-state index >= 15 is 0 Å². The largest absolute Gasteiger partial charge is 0.489 e. The van der Waals surface area contributed by atoms with Crippen molar-refractivity contribution in [1.82, 2.24) is 25.4 Å². The van der Waals surface area contributed by atoms with Crippen molar-refractivity contribution in [1.29, 1.82) is 0 Å². The third-order valence-corrected chi connectivity index (χ3v) is 5.03. The minimum Gasteiger partial charge on any atom is -0.489 e. The molecule has 152 valence electrons. The van der Waals surface area contributed by atoms with Gasteiger partial charge < -0.3 is 19.9 Å². The van der Waals surface area contributed by atoms with Gasteiger partial charge in [-0.15, -0.1) is 10.2 Å². The van der Waals surface area contributed by atoms with E-state index in [9.17, 15) is 0 Å². The van der Waals surface area contributed by atoms with Crippen LogP contribution < -0.4 is 15.4 Å². The molecule has 0 bridgehead atoms. The molecule has 1 aromatic carbocycles. The van der Waals surface area contributed by atoms with Gasteiger partial charge in [0.15, 0.2) is 5.96 Å². The van der Waals surface area contributed by atoms with Crippen LogP contribution in [-0.4, -0.2) is 47.0 Å². The molecule has 7 heteroatoms. The van der Waals surface area contributed by atoms with Crippen LogP contribution in [0.5, 0.6) is 5.75 Å². The van der Waals surface area contributed by atoms with E-state index in [1.54, 1.807) is 7.05 Å². The molecular formula is C21H32N6O. The van der Waals surface area contributed by atoms with Gasteiger partial charge in [0.2, 0.25) is 0 Å². The summed E-state index contributed by atoms with van der Waals surface area (Å²) < 4.78 is 8.31. The van der Waals surface area contributed by atoms with E-state index in [1.165, 1.54) is 19.3 Å². The van der Waals surface area contributed by atoms with Crippen LogP contribution in [-0.2, 0) is 19.4 Å². The summed E-state index contributed by atoms with van der Waals surface area (Å²) in [7, 11) is 1.78. The number of fused-ring (bicyclic) bond motifs is 1. The zero-order valence-electron chi connectivity index (χ0n) is 17.2. The van der Waals surface area contributed by atoms with Crippen molar-refractivity contribution in [2.75, 3.05) is 20.1 Å². The van der Waals surface area contributed by atoms with Crippen LogP contribution in [0.2, 0.25) is 0 Å². The van der Waals surface area contributed by atoms with Gasteiger partial charge in [-0.25, -0.2) is 0 Å². The van der Waals surface area contributed by atoms with E-state index in [4.69, 9.17) is 4.74 Å². The number of benzene rings is 1. The lowest BCUT2D eigenvalue weighted by atomic mass is 10.2. The van der Waals surface area contributed by atoms with E-state index < -0.39 is 0 Å². The summed E-state index contributed by atoms with van der Waals surface area (Å²) in [6, 6.07) is 8.07. The van der Waals surface area contributed by atoms with Gasteiger partial charge in [-0.1, -0.05) is 24.6 Å². The second-order valence-corrected chi connectivity index (χ2v) is 7.32. The topological polar surface area (TPSA) is 76.4 Å². The van der Waals surface area contributed by atoms with Crippen molar-refractivity contribution in [3.63, 3.8) is 0 Å². The molecule has 1 unspecified atom stereocenters. The fourth-order valence-electron chi connectivity index (χ4n) is 3.43. The molecule has 0 spiro atoms. The Bertz CT molecular complexity index is 785. The van der Waals surface area contributed by atoms with Crippen LogP contribution >= 0.6 is 0 Å². The number of aromatic nitrogens is 3. The minimum atomic E-state index is 0.0342. The van der Waals surface area contributed by atoms with Gasteiger partial charge in [0.05, 0.1) is 6.54 Å². The van der Waals surface area contributed by atoms with E-state index in [2.05, 4.69) is 50.3 Å². The first-order valence-corrected chi connectivity index (χ1v) is 10.2. The molecule has 2 heterocycles. The molecule has 1 atom stereocenters. The van der Waals surface area contributed by atoms with Gasteiger partial charge in [0.1, 0.15) is 23.5 Å². The van der Waals surface area contributed by atoms with Crippen molar-refractivity contribution in [2.24, 2.45) is 4.99 Å². The summed E-state index contributed by atoms with van der Waals surface area (Å²) in [5, 5.41) is 15.4. The molecule has 0 saturated heterocycles. The summed E-state index contributed by atoms with van der Waals surface area (Å²) in [5.74, 6) is 3.90. The Morgan fingerprint density at radius 3 is 2.89 bits per heavy atom. The fourth-order valence-corrected chi connectivity index (χ4v) is 3.43. The first kappa shape index (κ1) is 20.2. The molecule has 0 fully saturated rings. The van der Waals surface area contributed by atoms with Gasteiger partial charge in [0.25, 0.3) is 0 Å². The van der Waals surface area contributed by atoms with Crippen molar-refractivity contribution in [3.8, 4) is 5.75 Å². The Balaban J connectivity index is 1.43. The van der Waals surface area contributed by atoms with Crippen LogP contribution in [0.15, 0.2) is 29.3 Å². The van der Waals surface area contributed by atoms with Gasteiger partial charge in [-0.2, -0.15) is 0 Å². The number of hydrogen-bond donors (Lipinski definition) is 2. The SMILES string of the molecule is CN=C(NCCc1nnc2n1CCCCC2)NCC(C)Oc1ccccc1C. The normalized spacial score (nSPS) is 15.5. The first-order chi connectivity index (χ1) is 13.7. The Morgan fingerprint density at radius 1 is 1.21 bits per heavy atom. The van der Waals surface area contributed by atoms with E-state index in [-0.39, 0.29) is 6.10 Å². The van der Waals surface area contributed by atoms with Crippen molar-refractivity contribution in [3.05, 3.63) is 41.5 Å². The highest BCUT2D eigenvalue weighted by molar-refractivity contribution is 5.79. The Labute approximate surface area is 167 Å². The second-order valence-electron chi connectivity index (χ2n) is 7.32. The van der Waals surface area contributed by atoms with E-state index in [1.807, 2.05) is 18.2 Å². The fraction of sp³-hybridized carbons (Fsp3) is 0.571. The maximum Gasteiger partial charge on any atom is 0.191 e. The summed E-state index contributed by atoms with van der Waals surface area (Å²) in [6.07, 6.45) is 5.63. The lowest BCUT2D eigenvalue weighted by molar-refractivity contribution is 0.222. The number of para-hydroxylation sites is 1. The minimum absolute atomic E-state index is 0.0342. The standard InChI is InChI=1S/C21H32N6O/c1-16-9-6-7-10-18(16)28-17(2)15-24-21(22-3)23-13-12-20-26-25-19-11-5-4-8-14-27(19)20/h6-7,9-10,17H,4-5,8,11-15H2,1-3H3,(H2,22,23,24). The zero-order chi connectivity index (χ0) is 19.8. The van der Waals surface area contributed by atoms with Crippen molar-refractivity contribution < 1.29 is 4.74 Å². The summed E-state index contributed by atoms with van der Waals surface area (Å²) in [5.41, 5.74) is 1.14. The number of nitrogens with one attached hydrogen (secondary N) is 2. The molecule has 7 nitrogen and oxygen atoms in total. The molecule has 1 aliphatic heterocycles. The predicted molar refractivity (Wildman–Crippen MR) is 112 cm³/mol. The molecule has 0 saturated carbocycles. The Morgan fingerprint density at radius 2 is 2.07 bits per heavy atom. The zero-order valence-corrected chi connectivity index (χ0v) is 17.2. The number of rotatable bonds is 7. The monoisotopic (exact) mass is 384 g/mol.